The summed E-state index contributed by atoms with van der Waals surface area (Å²) in [5, 5.41) is 5.44. The number of halogens is 1. The summed E-state index contributed by atoms with van der Waals surface area (Å²) in [5.41, 5.74) is 1.95. The Morgan fingerprint density at radius 1 is 1.00 bits per heavy atom. The van der Waals surface area contributed by atoms with Crippen LogP contribution in [0.1, 0.15) is 47.3 Å². The van der Waals surface area contributed by atoms with Gasteiger partial charge in [0.2, 0.25) is 0 Å². The summed E-state index contributed by atoms with van der Waals surface area (Å²) in [7, 11) is 1.54. The number of amides is 2. The standard InChI is InChI=1S/C24H24ClN3O4/c1-14(2)15-4-8-18(9-5-15)27-24(31)21(16-6-10-19(32-3)11-7-16)28-22(29)17-12-20(25)23(30)26-13-17/h4-14,21H,1-3H3,(H,26,30)(H,27,31)(H,28,29). The van der Waals surface area contributed by atoms with Crippen molar-refractivity contribution in [3.63, 3.8) is 0 Å². The third-order valence-corrected chi connectivity index (χ3v) is 5.23. The van der Waals surface area contributed by atoms with E-state index in [2.05, 4.69) is 29.5 Å². The molecule has 0 aliphatic heterocycles. The minimum absolute atomic E-state index is 0.117. The van der Waals surface area contributed by atoms with Crippen molar-refractivity contribution >= 4 is 29.1 Å². The van der Waals surface area contributed by atoms with Crippen LogP contribution in [0.2, 0.25) is 5.02 Å². The van der Waals surface area contributed by atoms with E-state index in [-0.39, 0.29) is 10.6 Å². The molecule has 0 radical (unpaired) electrons. The van der Waals surface area contributed by atoms with Crippen molar-refractivity contribution in [3.8, 4) is 5.75 Å². The smallest absolute Gasteiger partial charge is 0.266 e. The minimum atomic E-state index is -0.996. The highest BCUT2D eigenvalue weighted by Gasteiger charge is 2.24. The number of rotatable bonds is 7. The zero-order valence-electron chi connectivity index (χ0n) is 17.9. The zero-order chi connectivity index (χ0) is 23.3. The lowest BCUT2D eigenvalue weighted by molar-refractivity contribution is -0.118. The SMILES string of the molecule is COc1ccc(C(NC(=O)c2c[nH]c(=O)c(Cl)c2)C(=O)Nc2ccc(C(C)C)cc2)cc1. The number of hydrogen-bond acceptors (Lipinski definition) is 4. The van der Waals surface area contributed by atoms with Crippen LogP contribution in [0.15, 0.2) is 65.6 Å². The van der Waals surface area contributed by atoms with Gasteiger partial charge in [-0.3, -0.25) is 14.4 Å². The fourth-order valence-electron chi connectivity index (χ4n) is 3.06. The summed E-state index contributed by atoms with van der Waals surface area (Å²) >= 11 is 5.83. The molecule has 1 unspecified atom stereocenters. The molecule has 1 heterocycles. The molecular formula is C24H24ClN3O4. The quantitative estimate of drug-likeness (QED) is 0.497. The molecule has 166 valence electrons. The number of ether oxygens (including phenoxy) is 1. The third kappa shape index (κ3) is 5.56. The van der Waals surface area contributed by atoms with E-state index < -0.39 is 23.4 Å². The summed E-state index contributed by atoms with van der Waals surface area (Å²) < 4.78 is 5.17. The van der Waals surface area contributed by atoms with E-state index in [4.69, 9.17) is 16.3 Å². The molecule has 1 atom stereocenters. The van der Waals surface area contributed by atoms with E-state index in [9.17, 15) is 14.4 Å². The number of nitrogens with one attached hydrogen (secondary N) is 3. The number of carbonyl (C=O) groups excluding carboxylic acids is 2. The number of carbonyl (C=O) groups is 2. The maximum Gasteiger partial charge on any atom is 0.266 e. The Kier molecular flexibility index (Phi) is 7.33. The Bertz CT molecular complexity index is 1160. The van der Waals surface area contributed by atoms with Gasteiger partial charge in [-0.25, -0.2) is 0 Å². The van der Waals surface area contributed by atoms with Crippen molar-refractivity contribution in [1.29, 1.82) is 0 Å². The van der Waals surface area contributed by atoms with Gasteiger partial charge < -0.3 is 20.4 Å². The van der Waals surface area contributed by atoms with Crippen LogP contribution >= 0.6 is 11.6 Å². The van der Waals surface area contributed by atoms with Gasteiger partial charge in [0.15, 0.2) is 0 Å². The predicted molar refractivity (Wildman–Crippen MR) is 124 cm³/mol. The maximum atomic E-state index is 13.1. The first kappa shape index (κ1) is 23.1. The number of aromatic amines is 1. The van der Waals surface area contributed by atoms with Crippen molar-refractivity contribution in [2.24, 2.45) is 0 Å². The molecule has 8 heteroatoms. The number of hydrogen-bond donors (Lipinski definition) is 3. The van der Waals surface area contributed by atoms with Gasteiger partial charge >= 0.3 is 0 Å². The van der Waals surface area contributed by atoms with Gasteiger partial charge in [0.25, 0.3) is 17.4 Å². The Morgan fingerprint density at radius 2 is 1.62 bits per heavy atom. The van der Waals surface area contributed by atoms with Crippen LogP contribution < -0.4 is 20.9 Å². The van der Waals surface area contributed by atoms with Crippen molar-refractivity contribution in [2.75, 3.05) is 12.4 Å². The van der Waals surface area contributed by atoms with Gasteiger partial charge in [-0.05, 0) is 47.4 Å². The van der Waals surface area contributed by atoms with E-state index in [0.717, 1.165) is 5.56 Å². The van der Waals surface area contributed by atoms with Crippen molar-refractivity contribution in [2.45, 2.75) is 25.8 Å². The largest absolute Gasteiger partial charge is 0.497 e. The summed E-state index contributed by atoms with van der Waals surface area (Å²) in [5.74, 6) is 0.0109. The first-order valence-corrected chi connectivity index (χ1v) is 10.4. The zero-order valence-corrected chi connectivity index (χ0v) is 18.7. The maximum absolute atomic E-state index is 13.1. The highest BCUT2D eigenvalue weighted by atomic mass is 35.5. The van der Waals surface area contributed by atoms with Gasteiger partial charge in [0, 0.05) is 11.9 Å². The van der Waals surface area contributed by atoms with Crippen LogP contribution in [0.4, 0.5) is 5.69 Å². The highest BCUT2D eigenvalue weighted by molar-refractivity contribution is 6.30. The molecule has 1 aromatic heterocycles. The van der Waals surface area contributed by atoms with E-state index in [1.54, 1.807) is 31.4 Å². The van der Waals surface area contributed by atoms with E-state index in [1.165, 1.54) is 12.3 Å². The second kappa shape index (κ2) is 10.2. The number of benzene rings is 2. The first-order valence-electron chi connectivity index (χ1n) is 10.0. The fraction of sp³-hybridized carbons (Fsp3) is 0.208. The third-order valence-electron chi connectivity index (χ3n) is 4.95. The lowest BCUT2D eigenvalue weighted by Crippen LogP contribution is -2.37. The van der Waals surface area contributed by atoms with Crippen LogP contribution in [0.5, 0.6) is 5.75 Å². The van der Waals surface area contributed by atoms with E-state index in [1.807, 2.05) is 24.3 Å². The molecule has 0 saturated carbocycles. The lowest BCUT2D eigenvalue weighted by Gasteiger charge is -2.19. The molecule has 2 amide bonds. The average Bonchev–Trinajstić information content (AvgIpc) is 2.79. The van der Waals surface area contributed by atoms with Crippen LogP contribution in [-0.4, -0.2) is 23.9 Å². The van der Waals surface area contributed by atoms with Gasteiger partial charge in [0.1, 0.15) is 16.8 Å². The molecular weight excluding hydrogens is 430 g/mol. The van der Waals surface area contributed by atoms with Crippen LogP contribution in [0, 0.1) is 0 Å². The van der Waals surface area contributed by atoms with Crippen LogP contribution in [0.3, 0.4) is 0 Å². The lowest BCUT2D eigenvalue weighted by atomic mass is 10.0. The van der Waals surface area contributed by atoms with Crippen LogP contribution in [0.25, 0.3) is 0 Å². The first-order chi connectivity index (χ1) is 15.3. The fourth-order valence-corrected chi connectivity index (χ4v) is 3.24. The molecule has 3 aromatic rings. The summed E-state index contributed by atoms with van der Waals surface area (Å²) in [4.78, 5) is 39.8. The number of methoxy groups -OCH3 is 1. The summed E-state index contributed by atoms with van der Waals surface area (Å²) in [6.45, 7) is 4.18. The van der Waals surface area contributed by atoms with Crippen molar-refractivity contribution in [1.82, 2.24) is 10.3 Å². The molecule has 7 nitrogen and oxygen atoms in total. The van der Waals surface area contributed by atoms with Crippen molar-refractivity contribution in [3.05, 3.63) is 92.9 Å². The molecule has 0 fully saturated rings. The molecule has 3 rings (SSSR count). The molecule has 2 aromatic carbocycles. The molecule has 3 N–H and O–H groups in total. The Balaban J connectivity index is 1.86. The Morgan fingerprint density at radius 3 is 2.19 bits per heavy atom. The Labute approximate surface area is 190 Å². The van der Waals surface area contributed by atoms with Gasteiger partial charge in [-0.2, -0.15) is 0 Å². The summed E-state index contributed by atoms with van der Waals surface area (Å²) in [6, 6.07) is 14.6. The molecule has 0 aliphatic carbocycles. The second-order valence-corrected chi connectivity index (χ2v) is 7.92. The topological polar surface area (TPSA) is 100 Å². The molecule has 0 saturated heterocycles. The number of aromatic nitrogens is 1. The highest BCUT2D eigenvalue weighted by Crippen LogP contribution is 2.22. The normalized spacial score (nSPS) is 11.7. The van der Waals surface area contributed by atoms with Crippen LogP contribution in [-0.2, 0) is 4.79 Å². The summed E-state index contributed by atoms with van der Waals surface area (Å²) in [6.07, 6.45) is 1.25. The van der Waals surface area contributed by atoms with E-state index in [0.29, 0.717) is 22.9 Å². The number of anilines is 1. The predicted octanol–water partition coefficient (Wildman–Crippen LogP) is 4.27. The van der Waals surface area contributed by atoms with Crippen molar-refractivity contribution < 1.29 is 14.3 Å². The van der Waals surface area contributed by atoms with E-state index >= 15 is 0 Å². The van der Waals surface area contributed by atoms with Gasteiger partial charge in [0.05, 0.1) is 12.7 Å². The average molecular weight is 454 g/mol. The molecule has 0 bridgehead atoms. The molecule has 32 heavy (non-hydrogen) atoms. The molecule has 0 spiro atoms. The monoisotopic (exact) mass is 453 g/mol. The number of H-pyrrole nitrogens is 1. The second-order valence-electron chi connectivity index (χ2n) is 7.51. The minimum Gasteiger partial charge on any atom is -0.497 e. The number of pyridine rings is 1. The Hall–Kier alpha value is -3.58. The molecule has 0 aliphatic rings. The van der Waals surface area contributed by atoms with Gasteiger partial charge in [-0.15, -0.1) is 0 Å². The van der Waals surface area contributed by atoms with Gasteiger partial charge in [-0.1, -0.05) is 49.7 Å².